The number of carbonyl (C=O) groups excluding carboxylic acids is 1. The van der Waals surface area contributed by atoms with Crippen LogP contribution in [0.1, 0.15) is 17.8 Å². The predicted molar refractivity (Wildman–Crippen MR) is 86.9 cm³/mol. The van der Waals surface area contributed by atoms with E-state index in [0.717, 1.165) is 11.4 Å². The number of nitrogens with one attached hydrogen (secondary N) is 1. The van der Waals surface area contributed by atoms with Gasteiger partial charge < -0.3 is 5.32 Å². The molecule has 0 aliphatic carbocycles. The van der Waals surface area contributed by atoms with Crippen LogP contribution in [0.2, 0.25) is 5.02 Å². The summed E-state index contributed by atoms with van der Waals surface area (Å²) < 4.78 is 0. The van der Waals surface area contributed by atoms with Gasteiger partial charge in [-0.25, -0.2) is 9.97 Å². The lowest BCUT2D eigenvalue weighted by Gasteiger charge is -2.05. The zero-order valence-electron chi connectivity index (χ0n) is 11.9. The molecule has 0 bridgehead atoms. The Bertz CT molecular complexity index is 628. The molecule has 0 unspecified atom stereocenters. The van der Waals surface area contributed by atoms with Crippen LogP contribution in [-0.2, 0) is 4.79 Å². The lowest BCUT2D eigenvalue weighted by molar-refractivity contribution is -0.115. The third kappa shape index (κ3) is 5.36. The monoisotopic (exact) mass is 321 g/mol. The molecule has 0 fully saturated rings. The lowest BCUT2D eigenvalue weighted by atomic mass is 10.3. The number of rotatable bonds is 5. The minimum absolute atomic E-state index is 0.0471. The van der Waals surface area contributed by atoms with Crippen LogP contribution < -0.4 is 5.32 Å². The van der Waals surface area contributed by atoms with Crippen LogP contribution in [0, 0.1) is 13.8 Å². The van der Waals surface area contributed by atoms with E-state index >= 15 is 0 Å². The normalized spacial score (nSPS) is 10.4. The predicted octanol–water partition coefficient (Wildman–Crippen LogP) is 3.87. The van der Waals surface area contributed by atoms with E-state index in [1.54, 1.807) is 18.2 Å². The minimum Gasteiger partial charge on any atom is -0.326 e. The van der Waals surface area contributed by atoms with Gasteiger partial charge in [-0.3, -0.25) is 4.79 Å². The van der Waals surface area contributed by atoms with E-state index < -0.39 is 0 Å². The van der Waals surface area contributed by atoms with Crippen LogP contribution in [-0.4, -0.2) is 21.6 Å². The Kier molecular flexibility index (Phi) is 5.59. The molecular weight excluding hydrogens is 306 g/mol. The second-order valence-electron chi connectivity index (χ2n) is 4.59. The zero-order chi connectivity index (χ0) is 15.2. The Morgan fingerprint density at radius 3 is 2.62 bits per heavy atom. The molecule has 1 aromatic carbocycles. The molecule has 1 amide bonds. The molecule has 1 heterocycles. The number of amides is 1. The summed E-state index contributed by atoms with van der Waals surface area (Å²) in [5.41, 5.74) is 2.59. The first kappa shape index (κ1) is 15.8. The first-order chi connectivity index (χ1) is 10.0. The molecule has 4 nitrogen and oxygen atoms in total. The molecule has 2 rings (SSSR count). The Labute approximate surface area is 133 Å². The summed E-state index contributed by atoms with van der Waals surface area (Å²) in [4.78, 5) is 20.5. The van der Waals surface area contributed by atoms with Crippen molar-refractivity contribution >= 4 is 35.0 Å². The van der Waals surface area contributed by atoms with Crippen molar-refractivity contribution in [3.63, 3.8) is 0 Å². The van der Waals surface area contributed by atoms with E-state index in [2.05, 4.69) is 15.3 Å². The smallest absolute Gasteiger partial charge is 0.225 e. The molecule has 0 atom stereocenters. The van der Waals surface area contributed by atoms with Gasteiger partial charge in [-0.1, -0.05) is 29.4 Å². The lowest BCUT2D eigenvalue weighted by Crippen LogP contribution is -2.12. The maximum Gasteiger partial charge on any atom is 0.225 e. The van der Waals surface area contributed by atoms with Gasteiger partial charge in [0.1, 0.15) is 0 Å². The Morgan fingerprint density at radius 2 is 1.95 bits per heavy atom. The van der Waals surface area contributed by atoms with Crippen LogP contribution in [0.5, 0.6) is 0 Å². The zero-order valence-corrected chi connectivity index (χ0v) is 13.5. The highest BCUT2D eigenvalue weighted by Crippen LogP contribution is 2.17. The van der Waals surface area contributed by atoms with Crippen LogP contribution in [0.15, 0.2) is 35.5 Å². The van der Waals surface area contributed by atoms with Crippen molar-refractivity contribution in [2.75, 3.05) is 11.1 Å². The number of anilines is 1. The number of nitrogens with zero attached hydrogens (tertiary/aromatic N) is 2. The van der Waals surface area contributed by atoms with Crippen LogP contribution >= 0.6 is 23.4 Å². The van der Waals surface area contributed by atoms with Crippen molar-refractivity contribution in [3.05, 3.63) is 46.7 Å². The number of aryl methyl sites for hydroxylation is 2. The molecule has 6 heteroatoms. The maximum absolute atomic E-state index is 11.8. The summed E-state index contributed by atoms with van der Waals surface area (Å²) in [6.07, 6.45) is 0.396. The summed E-state index contributed by atoms with van der Waals surface area (Å²) in [7, 11) is 0. The Balaban J connectivity index is 1.81. The van der Waals surface area contributed by atoms with Crippen molar-refractivity contribution < 1.29 is 4.79 Å². The molecular formula is C15H16ClN3OS. The molecule has 110 valence electrons. The topological polar surface area (TPSA) is 54.9 Å². The standard InChI is InChI=1S/C15H16ClN3OS/c1-10-8-11(2)18-15(17-10)21-7-6-14(20)19-13-5-3-4-12(16)9-13/h3-5,8-9H,6-7H2,1-2H3,(H,19,20). The number of halogens is 1. The largest absolute Gasteiger partial charge is 0.326 e. The fraction of sp³-hybridized carbons (Fsp3) is 0.267. The number of benzene rings is 1. The molecule has 0 spiro atoms. The number of aromatic nitrogens is 2. The van der Waals surface area contributed by atoms with Crippen LogP contribution in [0.3, 0.4) is 0 Å². The molecule has 0 saturated carbocycles. The van der Waals surface area contributed by atoms with Crippen molar-refractivity contribution in [1.82, 2.24) is 9.97 Å². The number of hydrogen-bond acceptors (Lipinski definition) is 4. The third-order valence-corrected chi connectivity index (χ3v) is 3.71. The van der Waals surface area contributed by atoms with Crippen molar-refractivity contribution in [2.45, 2.75) is 25.4 Å². The van der Waals surface area contributed by atoms with Gasteiger partial charge in [-0.15, -0.1) is 0 Å². The summed E-state index contributed by atoms with van der Waals surface area (Å²) in [6.45, 7) is 3.87. The van der Waals surface area contributed by atoms with Crippen LogP contribution in [0.4, 0.5) is 5.69 Å². The van der Waals surface area contributed by atoms with Gasteiger partial charge in [0.15, 0.2) is 5.16 Å². The average Bonchev–Trinajstić information content (AvgIpc) is 2.37. The summed E-state index contributed by atoms with van der Waals surface area (Å²) in [5.74, 6) is 0.587. The molecule has 2 aromatic rings. The van der Waals surface area contributed by atoms with E-state index in [0.29, 0.717) is 28.0 Å². The SMILES string of the molecule is Cc1cc(C)nc(SCCC(=O)Nc2cccc(Cl)c2)n1. The van der Waals surface area contributed by atoms with Gasteiger partial charge >= 0.3 is 0 Å². The Morgan fingerprint density at radius 1 is 1.24 bits per heavy atom. The molecule has 0 radical (unpaired) electrons. The highest BCUT2D eigenvalue weighted by atomic mass is 35.5. The van der Waals surface area contributed by atoms with Crippen molar-refractivity contribution in [1.29, 1.82) is 0 Å². The minimum atomic E-state index is -0.0471. The highest BCUT2D eigenvalue weighted by Gasteiger charge is 2.05. The van der Waals surface area contributed by atoms with E-state index in [4.69, 9.17) is 11.6 Å². The van der Waals surface area contributed by atoms with Gasteiger partial charge in [0.2, 0.25) is 5.91 Å². The van der Waals surface area contributed by atoms with Gasteiger partial charge in [-0.2, -0.15) is 0 Å². The summed E-state index contributed by atoms with van der Waals surface area (Å²) in [6, 6.07) is 9.03. The fourth-order valence-electron chi connectivity index (χ4n) is 1.78. The van der Waals surface area contributed by atoms with Crippen molar-refractivity contribution in [3.8, 4) is 0 Å². The second-order valence-corrected chi connectivity index (χ2v) is 6.09. The molecule has 21 heavy (non-hydrogen) atoms. The van der Waals surface area contributed by atoms with Gasteiger partial charge in [0.25, 0.3) is 0 Å². The molecule has 1 aromatic heterocycles. The van der Waals surface area contributed by atoms with E-state index in [1.807, 2.05) is 26.0 Å². The molecule has 1 N–H and O–H groups in total. The molecule has 0 saturated heterocycles. The quantitative estimate of drug-likeness (QED) is 0.671. The Hall–Kier alpha value is -1.59. The second kappa shape index (κ2) is 7.43. The van der Waals surface area contributed by atoms with Gasteiger partial charge in [0, 0.05) is 34.3 Å². The molecule has 0 aliphatic rings. The van der Waals surface area contributed by atoms with Crippen LogP contribution in [0.25, 0.3) is 0 Å². The summed E-state index contributed by atoms with van der Waals surface area (Å²) in [5, 5.41) is 4.13. The number of thioether (sulfide) groups is 1. The first-order valence-corrected chi connectivity index (χ1v) is 7.90. The van der Waals surface area contributed by atoms with Crippen molar-refractivity contribution in [2.24, 2.45) is 0 Å². The number of hydrogen-bond donors (Lipinski definition) is 1. The van der Waals surface area contributed by atoms with E-state index in [9.17, 15) is 4.79 Å². The first-order valence-electron chi connectivity index (χ1n) is 6.53. The average molecular weight is 322 g/mol. The summed E-state index contributed by atoms with van der Waals surface area (Å²) >= 11 is 7.35. The number of carbonyl (C=O) groups is 1. The third-order valence-electron chi connectivity index (χ3n) is 2.63. The van der Waals surface area contributed by atoms with E-state index in [1.165, 1.54) is 11.8 Å². The molecule has 0 aliphatic heterocycles. The van der Waals surface area contributed by atoms with Gasteiger partial charge in [-0.05, 0) is 38.1 Å². The fourth-order valence-corrected chi connectivity index (χ4v) is 2.86. The maximum atomic E-state index is 11.8. The highest BCUT2D eigenvalue weighted by molar-refractivity contribution is 7.99. The van der Waals surface area contributed by atoms with E-state index in [-0.39, 0.29) is 5.91 Å². The van der Waals surface area contributed by atoms with Gasteiger partial charge in [0.05, 0.1) is 0 Å².